The minimum absolute atomic E-state index is 0.0490. The second-order valence-corrected chi connectivity index (χ2v) is 11.5. The fourth-order valence-electron chi connectivity index (χ4n) is 4.13. The molecule has 0 radical (unpaired) electrons. The molecule has 0 fully saturated rings. The summed E-state index contributed by atoms with van der Waals surface area (Å²) in [5, 5.41) is 21.7. The van der Waals surface area contributed by atoms with E-state index in [1.54, 1.807) is 33.7 Å². The van der Waals surface area contributed by atoms with Crippen molar-refractivity contribution in [2.45, 2.75) is 104 Å². The minimum atomic E-state index is -0.813. The van der Waals surface area contributed by atoms with Crippen molar-refractivity contribution in [1.29, 1.82) is 0 Å². The summed E-state index contributed by atoms with van der Waals surface area (Å²) in [4.78, 5) is 29.6. The lowest BCUT2D eigenvalue weighted by Crippen LogP contribution is -2.33. The van der Waals surface area contributed by atoms with Crippen LogP contribution in [0.1, 0.15) is 96.1 Å². The largest absolute Gasteiger partial charge is 0.507 e. The van der Waals surface area contributed by atoms with Crippen LogP contribution < -0.4 is 5.62 Å². The highest BCUT2D eigenvalue weighted by atomic mass is 16.5. The second kappa shape index (κ2) is 11.0. The van der Waals surface area contributed by atoms with Crippen LogP contribution in [-0.4, -0.2) is 43.9 Å². The van der Waals surface area contributed by atoms with Gasteiger partial charge in [0.25, 0.3) is 0 Å². The van der Waals surface area contributed by atoms with Gasteiger partial charge in [0, 0.05) is 35.6 Å². The number of phenolic OH excluding ortho intramolecular Hbond substituents is 1. The number of aromatic nitrogens is 2. The van der Waals surface area contributed by atoms with Crippen molar-refractivity contribution in [2.75, 3.05) is 7.11 Å². The Morgan fingerprint density at radius 1 is 0.944 bits per heavy atom. The van der Waals surface area contributed by atoms with E-state index in [0.29, 0.717) is 42.5 Å². The Hall–Kier alpha value is -2.87. The van der Waals surface area contributed by atoms with Gasteiger partial charge in [-0.3, -0.25) is 4.79 Å². The number of imidazole rings is 1. The zero-order valence-electron chi connectivity index (χ0n) is 23.3. The van der Waals surface area contributed by atoms with E-state index in [9.17, 15) is 19.8 Å². The molecule has 0 bridgehead atoms. The first-order chi connectivity index (χ1) is 16.6. The maximum absolute atomic E-state index is 13.5. The van der Waals surface area contributed by atoms with E-state index in [-0.39, 0.29) is 34.5 Å². The average Bonchev–Trinajstić information content (AvgIpc) is 3.16. The van der Waals surface area contributed by atoms with Gasteiger partial charge < -0.3 is 24.1 Å². The third-order valence-corrected chi connectivity index (χ3v) is 6.80. The summed E-state index contributed by atoms with van der Waals surface area (Å²) in [6.45, 7) is 16.2. The number of carbonyl (C=O) groups is 2. The standard InChI is InChI=1S/C28H43N3O5/c1-10-28(35,11-2)12-13-30-14-15-31(24(30)29-25(34)36-9)18-22(32)19-16-20(26(3,4)5)23(33)21(17-19)27(6,7)8/h14-17,33,35H,10-13,18H2,1-9H3. The number of hydrogen-bond donors (Lipinski definition) is 2. The molecule has 200 valence electrons. The van der Waals surface area contributed by atoms with E-state index in [2.05, 4.69) is 4.99 Å². The molecule has 2 rings (SSSR count). The first kappa shape index (κ1) is 29.4. The topological polar surface area (TPSA) is 106 Å². The maximum Gasteiger partial charge on any atom is 0.436 e. The lowest BCUT2D eigenvalue weighted by Gasteiger charge is -2.28. The van der Waals surface area contributed by atoms with Crippen LogP contribution in [0.25, 0.3) is 0 Å². The Morgan fingerprint density at radius 2 is 1.44 bits per heavy atom. The van der Waals surface area contributed by atoms with Crippen molar-refractivity contribution in [2.24, 2.45) is 4.99 Å². The molecule has 0 aliphatic carbocycles. The molecule has 1 aromatic heterocycles. The molecule has 2 aromatic rings. The minimum Gasteiger partial charge on any atom is -0.507 e. The molecule has 8 heteroatoms. The molecule has 0 saturated heterocycles. The zero-order chi connectivity index (χ0) is 27.5. The molecule has 0 aliphatic heterocycles. The Kier molecular flexibility index (Phi) is 9.00. The molecule has 0 spiro atoms. The molecule has 2 N–H and O–H groups in total. The molecule has 0 unspecified atom stereocenters. The van der Waals surface area contributed by atoms with E-state index in [4.69, 9.17) is 4.74 Å². The van der Waals surface area contributed by atoms with E-state index in [1.807, 2.05) is 55.4 Å². The number of aryl methyl sites for hydroxylation is 1. The normalized spacial score (nSPS) is 13.2. The van der Waals surface area contributed by atoms with Crippen molar-refractivity contribution in [3.8, 4) is 5.75 Å². The van der Waals surface area contributed by atoms with E-state index in [1.165, 1.54) is 7.11 Å². The summed E-state index contributed by atoms with van der Waals surface area (Å²) in [5.41, 5.74) is 0.632. The number of rotatable bonds is 8. The third-order valence-electron chi connectivity index (χ3n) is 6.80. The van der Waals surface area contributed by atoms with E-state index < -0.39 is 11.7 Å². The van der Waals surface area contributed by atoms with Gasteiger partial charge in [0.2, 0.25) is 5.62 Å². The first-order valence-electron chi connectivity index (χ1n) is 12.6. The molecule has 0 saturated carbocycles. The number of phenols is 1. The van der Waals surface area contributed by atoms with Gasteiger partial charge in [-0.05, 0) is 42.2 Å². The number of hydrogen-bond acceptors (Lipinski definition) is 5. The van der Waals surface area contributed by atoms with Gasteiger partial charge in [-0.2, -0.15) is 0 Å². The zero-order valence-corrected chi connectivity index (χ0v) is 23.3. The number of methoxy groups -OCH3 is 1. The van der Waals surface area contributed by atoms with E-state index >= 15 is 0 Å². The number of Topliss-reactive ketones (excluding diaryl/α,β-unsaturated/α-hetero) is 1. The van der Waals surface area contributed by atoms with Crippen molar-refractivity contribution in [3.05, 3.63) is 46.8 Å². The van der Waals surface area contributed by atoms with Crippen LogP contribution in [0.5, 0.6) is 5.75 Å². The number of amides is 1. The quantitative estimate of drug-likeness (QED) is 0.491. The summed E-state index contributed by atoms with van der Waals surface area (Å²) in [5.74, 6) is 0.0414. The number of aliphatic hydroxyl groups is 1. The Bertz CT molecular complexity index is 1120. The molecular weight excluding hydrogens is 458 g/mol. The number of ether oxygens (including phenoxy) is 1. The smallest absolute Gasteiger partial charge is 0.436 e. The Labute approximate surface area is 214 Å². The number of aromatic hydroxyl groups is 1. The fourth-order valence-corrected chi connectivity index (χ4v) is 4.13. The van der Waals surface area contributed by atoms with Gasteiger partial charge in [-0.25, -0.2) is 4.79 Å². The maximum atomic E-state index is 13.5. The number of benzene rings is 1. The molecule has 1 aromatic carbocycles. The second-order valence-electron chi connectivity index (χ2n) is 11.5. The predicted octanol–water partition coefficient (Wildman–Crippen LogP) is 5.08. The van der Waals surface area contributed by atoms with Crippen molar-refractivity contribution in [3.63, 3.8) is 0 Å². The van der Waals surface area contributed by atoms with Gasteiger partial charge in [-0.15, -0.1) is 4.99 Å². The summed E-state index contributed by atoms with van der Waals surface area (Å²) in [7, 11) is 1.25. The third kappa shape index (κ3) is 6.87. The van der Waals surface area contributed by atoms with Crippen LogP contribution in [-0.2, 0) is 28.7 Å². The molecule has 36 heavy (non-hydrogen) atoms. The monoisotopic (exact) mass is 501 g/mol. The Balaban J connectivity index is 2.53. The highest BCUT2D eigenvalue weighted by molar-refractivity contribution is 5.96. The van der Waals surface area contributed by atoms with Crippen molar-refractivity contribution >= 4 is 11.9 Å². The highest BCUT2D eigenvalue weighted by Gasteiger charge is 2.28. The van der Waals surface area contributed by atoms with Gasteiger partial charge in [-0.1, -0.05) is 55.4 Å². The van der Waals surface area contributed by atoms with Crippen LogP contribution >= 0.6 is 0 Å². The Morgan fingerprint density at radius 3 is 1.89 bits per heavy atom. The summed E-state index contributed by atoms with van der Waals surface area (Å²) in [6.07, 6.45) is 4.38. The van der Waals surface area contributed by atoms with Crippen LogP contribution in [0.4, 0.5) is 4.79 Å². The lowest BCUT2D eigenvalue weighted by molar-refractivity contribution is 0.0192. The van der Waals surface area contributed by atoms with Crippen molar-refractivity contribution in [1.82, 2.24) is 9.13 Å². The summed E-state index contributed by atoms with van der Waals surface area (Å²) in [6, 6.07) is 3.51. The number of ketones is 1. The van der Waals surface area contributed by atoms with Crippen LogP contribution in [0.3, 0.4) is 0 Å². The van der Waals surface area contributed by atoms with Crippen LogP contribution in [0.2, 0.25) is 0 Å². The lowest BCUT2D eigenvalue weighted by atomic mass is 9.78. The van der Waals surface area contributed by atoms with Gasteiger partial charge in [0.1, 0.15) is 5.75 Å². The fraction of sp³-hybridized carbons (Fsp3) is 0.607. The van der Waals surface area contributed by atoms with E-state index in [0.717, 1.165) is 0 Å². The molecule has 1 amide bonds. The van der Waals surface area contributed by atoms with Crippen LogP contribution in [0.15, 0.2) is 29.5 Å². The van der Waals surface area contributed by atoms with Gasteiger partial charge in [0.15, 0.2) is 5.78 Å². The molecule has 0 aliphatic rings. The van der Waals surface area contributed by atoms with Gasteiger partial charge >= 0.3 is 6.09 Å². The van der Waals surface area contributed by atoms with Gasteiger partial charge in [0.05, 0.1) is 19.3 Å². The summed E-state index contributed by atoms with van der Waals surface area (Å²) < 4.78 is 8.09. The van der Waals surface area contributed by atoms with Crippen molar-refractivity contribution < 1.29 is 24.5 Å². The first-order valence-corrected chi connectivity index (χ1v) is 12.6. The molecule has 0 atom stereocenters. The molecule has 1 heterocycles. The van der Waals surface area contributed by atoms with Crippen LogP contribution in [0, 0.1) is 0 Å². The number of nitrogens with zero attached hydrogens (tertiary/aromatic N) is 3. The number of carbonyl (C=O) groups excluding carboxylic acids is 2. The molecule has 8 nitrogen and oxygen atoms in total. The predicted molar refractivity (Wildman–Crippen MR) is 140 cm³/mol. The average molecular weight is 502 g/mol. The SMILES string of the molecule is CCC(O)(CC)CCn1ccn(CC(=O)c2cc(C(C)(C)C)c(O)c(C(C)(C)C)c2)c1=NC(=O)OC. The highest BCUT2D eigenvalue weighted by Crippen LogP contribution is 2.39. The summed E-state index contributed by atoms with van der Waals surface area (Å²) >= 11 is 0. The molecular formula is C28H43N3O5.